The second-order valence-corrected chi connectivity index (χ2v) is 5.71. The molecule has 2 heterocycles. The number of ether oxygens (including phenoxy) is 1. The van der Waals surface area contributed by atoms with Crippen molar-refractivity contribution >= 4 is 5.82 Å². The van der Waals surface area contributed by atoms with Crippen LogP contribution in [0.3, 0.4) is 0 Å². The summed E-state index contributed by atoms with van der Waals surface area (Å²) >= 11 is 0. The third-order valence-electron chi connectivity index (χ3n) is 3.57. The second kappa shape index (κ2) is 8.14. The van der Waals surface area contributed by atoms with Crippen LogP contribution >= 0.6 is 0 Å². The van der Waals surface area contributed by atoms with Gasteiger partial charge in [-0.2, -0.15) is 0 Å². The molecule has 0 aromatic carbocycles. The molecule has 0 bridgehead atoms. The van der Waals surface area contributed by atoms with E-state index in [0.717, 1.165) is 57.9 Å². The van der Waals surface area contributed by atoms with Gasteiger partial charge in [-0.3, -0.25) is 0 Å². The highest BCUT2D eigenvalue weighted by Gasteiger charge is 2.16. The maximum absolute atomic E-state index is 5.65. The molecular formula is C15H27N5O. The molecule has 0 unspecified atom stereocenters. The number of hydrogen-bond donors (Lipinski definition) is 1. The van der Waals surface area contributed by atoms with E-state index in [0.29, 0.717) is 5.88 Å². The quantitative estimate of drug-likeness (QED) is 0.848. The maximum Gasteiger partial charge on any atom is 0.218 e. The van der Waals surface area contributed by atoms with Gasteiger partial charge in [-0.05, 0) is 46.3 Å². The zero-order valence-corrected chi connectivity index (χ0v) is 13.2. The Balaban J connectivity index is 1.95. The van der Waals surface area contributed by atoms with E-state index >= 15 is 0 Å². The molecule has 1 aromatic rings. The van der Waals surface area contributed by atoms with Gasteiger partial charge in [0.1, 0.15) is 12.1 Å². The molecule has 21 heavy (non-hydrogen) atoms. The first-order valence-electron chi connectivity index (χ1n) is 7.85. The zero-order chi connectivity index (χ0) is 15.1. The van der Waals surface area contributed by atoms with E-state index in [4.69, 9.17) is 10.5 Å². The number of nitrogens with zero attached hydrogens (tertiary/aromatic N) is 4. The Morgan fingerprint density at radius 3 is 2.86 bits per heavy atom. The van der Waals surface area contributed by atoms with Gasteiger partial charge in [0.05, 0.1) is 6.10 Å². The Morgan fingerprint density at radius 2 is 2.10 bits per heavy atom. The van der Waals surface area contributed by atoms with Gasteiger partial charge in [-0.1, -0.05) is 0 Å². The van der Waals surface area contributed by atoms with Gasteiger partial charge >= 0.3 is 0 Å². The van der Waals surface area contributed by atoms with E-state index in [1.807, 2.05) is 19.9 Å². The molecule has 6 nitrogen and oxygen atoms in total. The van der Waals surface area contributed by atoms with Gasteiger partial charge in [-0.25, -0.2) is 9.97 Å². The predicted molar refractivity (Wildman–Crippen MR) is 84.7 cm³/mol. The fourth-order valence-electron chi connectivity index (χ4n) is 2.55. The Morgan fingerprint density at radius 1 is 1.24 bits per heavy atom. The number of nitrogens with two attached hydrogens (primary N) is 1. The van der Waals surface area contributed by atoms with Crippen LogP contribution in [0.15, 0.2) is 12.4 Å². The minimum atomic E-state index is 0.128. The Labute approximate surface area is 127 Å². The van der Waals surface area contributed by atoms with Crippen molar-refractivity contribution < 1.29 is 4.74 Å². The Bertz CT molecular complexity index is 426. The number of hydrogen-bond acceptors (Lipinski definition) is 6. The van der Waals surface area contributed by atoms with Crippen molar-refractivity contribution in [2.45, 2.75) is 32.8 Å². The van der Waals surface area contributed by atoms with Gasteiger partial charge < -0.3 is 20.3 Å². The molecule has 1 aliphatic rings. The third-order valence-corrected chi connectivity index (χ3v) is 3.57. The summed E-state index contributed by atoms with van der Waals surface area (Å²) in [5, 5.41) is 0. The molecule has 6 heteroatoms. The first-order valence-corrected chi connectivity index (χ1v) is 7.85. The lowest BCUT2D eigenvalue weighted by atomic mass is 10.3. The second-order valence-electron chi connectivity index (χ2n) is 5.71. The molecular weight excluding hydrogens is 266 g/mol. The fourth-order valence-corrected chi connectivity index (χ4v) is 2.55. The van der Waals surface area contributed by atoms with Gasteiger partial charge in [-0.15, -0.1) is 0 Å². The van der Waals surface area contributed by atoms with Crippen LogP contribution in [0, 0.1) is 0 Å². The fraction of sp³-hybridized carbons (Fsp3) is 0.733. The minimum Gasteiger partial charge on any atom is -0.475 e. The molecule has 118 valence electrons. The maximum atomic E-state index is 5.65. The van der Waals surface area contributed by atoms with E-state index in [1.54, 1.807) is 6.33 Å². The highest BCUT2D eigenvalue weighted by Crippen LogP contribution is 2.18. The molecule has 2 rings (SSSR count). The van der Waals surface area contributed by atoms with Crippen LogP contribution in [0.5, 0.6) is 5.88 Å². The van der Waals surface area contributed by atoms with Crippen LogP contribution < -0.4 is 15.4 Å². The van der Waals surface area contributed by atoms with Gasteiger partial charge in [0.15, 0.2) is 0 Å². The van der Waals surface area contributed by atoms with Gasteiger partial charge in [0.25, 0.3) is 0 Å². The van der Waals surface area contributed by atoms with E-state index in [-0.39, 0.29) is 6.10 Å². The lowest BCUT2D eigenvalue weighted by Crippen LogP contribution is -2.32. The van der Waals surface area contributed by atoms with Crippen molar-refractivity contribution in [3.63, 3.8) is 0 Å². The SMILES string of the molecule is CC(C)Oc1cc(N2CCCN(CCCN)CC2)ncn1. The largest absolute Gasteiger partial charge is 0.475 e. The lowest BCUT2D eigenvalue weighted by Gasteiger charge is -2.23. The van der Waals surface area contributed by atoms with Gasteiger partial charge in [0, 0.05) is 25.7 Å². The van der Waals surface area contributed by atoms with Gasteiger partial charge in [0.2, 0.25) is 5.88 Å². The van der Waals surface area contributed by atoms with Crippen molar-refractivity contribution in [3.05, 3.63) is 12.4 Å². The van der Waals surface area contributed by atoms with Crippen molar-refractivity contribution in [3.8, 4) is 5.88 Å². The zero-order valence-electron chi connectivity index (χ0n) is 13.2. The first-order chi connectivity index (χ1) is 10.2. The van der Waals surface area contributed by atoms with Crippen LogP contribution in [-0.4, -0.2) is 60.2 Å². The van der Waals surface area contributed by atoms with E-state index in [1.165, 1.54) is 0 Å². The Kier molecular flexibility index (Phi) is 6.20. The van der Waals surface area contributed by atoms with Crippen LogP contribution in [-0.2, 0) is 0 Å². The average Bonchev–Trinajstić information content (AvgIpc) is 2.70. The molecule has 2 N–H and O–H groups in total. The monoisotopic (exact) mass is 293 g/mol. The summed E-state index contributed by atoms with van der Waals surface area (Å²) in [6.45, 7) is 10.1. The highest BCUT2D eigenvalue weighted by atomic mass is 16.5. The summed E-state index contributed by atoms with van der Waals surface area (Å²) in [4.78, 5) is 13.4. The number of anilines is 1. The van der Waals surface area contributed by atoms with E-state index < -0.39 is 0 Å². The topological polar surface area (TPSA) is 67.5 Å². The first kappa shape index (κ1) is 16.0. The summed E-state index contributed by atoms with van der Waals surface area (Å²) in [5.74, 6) is 1.61. The van der Waals surface area contributed by atoms with E-state index in [9.17, 15) is 0 Å². The Hall–Kier alpha value is -1.40. The van der Waals surface area contributed by atoms with Crippen LogP contribution in [0.2, 0.25) is 0 Å². The number of rotatable bonds is 6. The van der Waals surface area contributed by atoms with Crippen LogP contribution in [0.1, 0.15) is 26.7 Å². The normalized spacial score (nSPS) is 17.0. The predicted octanol–water partition coefficient (Wildman–Crippen LogP) is 1.12. The molecule has 1 aromatic heterocycles. The molecule has 0 spiro atoms. The number of aromatic nitrogens is 2. The molecule has 0 radical (unpaired) electrons. The molecule has 1 saturated heterocycles. The summed E-state index contributed by atoms with van der Waals surface area (Å²) in [6, 6.07) is 1.94. The van der Waals surface area contributed by atoms with E-state index in [2.05, 4.69) is 19.8 Å². The molecule has 1 fully saturated rings. The summed E-state index contributed by atoms with van der Waals surface area (Å²) in [7, 11) is 0. The smallest absolute Gasteiger partial charge is 0.218 e. The summed E-state index contributed by atoms with van der Waals surface area (Å²) < 4.78 is 5.65. The molecule has 0 amide bonds. The summed E-state index contributed by atoms with van der Waals surface area (Å²) in [6.07, 6.45) is 3.93. The van der Waals surface area contributed by atoms with Crippen molar-refractivity contribution in [2.24, 2.45) is 5.73 Å². The van der Waals surface area contributed by atoms with Crippen molar-refractivity contribution in [1.82, 2.24) is 14.9 Å². The van der Waals surface area contributed by atoms with Crippen LogP contribution in [0.25, 0.3) is 0 Å². The lowest BCUT2D eigenvalue weighted by molar-refractivity contribution is 0.232. The average molecular weight is 293 g/mol. The molecule has 0 saturated carbocycles. The third kappa shape index (κ3) is 5.13. The molecule has 0 atom stereocenters. The van der Waals surface area contributed by atoms with Crippen molar-refractivity contribution in [2.75, 3.05) is 44.2 Å². The van der Waals surface area contributed by atoms with Crippen molar-refractivity contribution in [1.29, 1.82) is 0 Å². The molecule has 1 aliphatic heterocycles. The minimum absolute atomic E-state index is 0.128. The standard InChI is InChI=1S/C15H27N5O/c1-13(2)21-15-11-14(17-12-18-15)20-8-4-7-19(9-10-20)6-3-5-16/h11-13H,3-10,16H2,1-2H3. The summed E-state index contributed by atoms with van der Waals surface area (Å²) in [5.41, 5.74) is 5.59. The molecule has 0 aliphatic carbocycles. The van der Waals surface area contributed by atoms with Crippen LogP contribution in [0.4, 0.5) is 5.82 Å². The highest BCUT2D eigenvalue weighted by molar-refractivity contribution is 5.41.